The SMILES string of the molecule is Cc1ccc(C(=O)NC(C)c2ccc(NC(=O)Nc3ccccc3)cc2)cc1C. The summed E-state index contributed by atoms with van der Waals surface area (Å²) in [5.41, 5.74) is 5.26. The van der Waals surface area contributed by atoms with Crippen molar-refractivity contribution in [1.29, 1.82) is 0 Å². The third-order valence-corrected chi connectivity index (χ3v) is 4.82. The number of hydrogen-bond donors (Lipinski definition) is 3. The van der Waals surface area contributed by atoms with Crippen LogP contribution in [0.25, 0.3) is 0 Å². The van der Waals surface area contributed by atoms with E-state index in [0.29, 0.717) is 11.3 Å². The fourth-order valence-electron chi connectivity index (χ4n) is 2.92. The molecule has 3 aromatic rings. The number of urea groups is 1. The second kappa shape index (κ2) is 9.06. The highest BCUT2D eigenvalue weighted by Crippen LogP contribution is 2.18. The number of para-hydroxylation sites is 1. The summed E-state index contributed by atoms with van der Waals surface area (Å²) in [4.78, 5) is 24.6. The van der Waals surface area contributed by atoms with Crippen LogP contribution in [-0.4, -0.2) is 11.9 Å². The van der Waals surface area contributed by atoms with Crippen LogP contribution in [0.4, 0.5) is 16.2 Å². The van der Waals surface area contributed by atoms with Gasteiger partial charge in [0.15, 0.2) is 0 Å². The molecule has 3 rings (SSSR count). The van der Waals surface area contributed by atoms with Crippen LogP contribution in [0.5, 0.6) is 0 Å². The number of aryl methyl sites for hydroxylation is 2. The van der Waals surface area contributed by atoms with Crippen molar-refractivity contribution in [1.82, 2.24) is 5.32 Å². The molecule has 3 aromatic carbocycles. The Hall–Kier alpha value is -3.60. The van der Waals surface area contributed by atoms with Crippen molar-refractivity contribution in [2.24, 2.45) is 0 Å². The summed E-state index contributed by atoms with van der Waals surface area (Å²) in [5, 5.41) is 8.58. The average molecular weight is 387 g/mol. The molecule has 0 saturated carbocycles. The summed E-state index contributed by atoms with van der Waals surface area (Å²) in [6.07, 6.45) is 0. The third kappa shape index (κ3) is 5.45. The van der Waals surface area contributed by atoms with Crippen molar-refractivity contribution >= 4 is 23.3 Å². The predicted octanol–water partition coefficient (Wildman–Crippen LogP) is 5.44. The van der Waals surface area contributed by atoms with Crippen LogP contribution in [0.15, 0.2) is 72.8 Å². The highest BCUT2D eigenvalue weighted by Gasteiger charge is 2.12. The molecule has 0 aliphatic rings. The molecule has 1 atom stereocenters. The first-order valence-corrected chi connectivity index (χ1v) is 9.53. The van der Waals surface area contributed by atoms with Gasteiger partial charge in [0, 0.05) is 16.9 Å². The maximum Gasteiger partial charge on any atom is 0.323 e. The van der Waals surface area contributed by atoms with Crippen molar-refractivity contribution in [2.45, 2.75) is 26.8 Å². The van der Waals surface area contributed by atoms with Crippen molar-refractivity contribution in [3.63, 3.8) is 0 Å². The van der Waals surface area contributed by atoms with Gasteiger partial charge in [0.05, 0.1) is 6.04 Å². The second-order valence-corrected chi connectivity index (χ2v) is 7.06. The quantitative estimate of drug-likeness (QED) is 0.546. The predicted molar refractivity (Wildman–Crippen MR) is 117 cm³/mol. The second-order valence-electron chi connectivity index (χ2n) is 7.06. The molecule has 148 valence electrons. The van der Waals surface area contributed by atoms with Crippen molar-refractivity contribution < 1.29 is 9.59 Å². The molecule has 5 heteroatoms. The molecular formula is C24H25N3O2. The van der Waals surface area contributed by atoms with E-state index in [-0.39, 0.29) is 18.0 Å². The summed E-state index contributed by atoms with van der Waals surface area (Å²) in [5.74, 6) is -0.106. The molecular weight excluding hydrogens is 362 g/mol. The normalized spacial score (nSPS) is 11.4. The Morgan fingerprint density at radius 2 is 1.38 bits per heavy atom. The molecule has 1 unspecified atom stereocenters. The molecule has 3 N–H and O–H groups in total. The zero-order valence-electron chi connectivity index (χ0n) is 16.8. The summed E-state index contributed by atoms with van der Waals surface area (Å²) in [6, 6.07) is 21.9. The summed E-state index contributed by atoms with van der Waals surface area (Å²) in [6.45, 7) is 5.95. The van der Waals surface area contributed by atoms with E-state index >= 15 is 0 Å². The first-order valence-electron chi connectivity index (χ1n) is 9.53. The lowest BCUT2D eigenvalue weighted by molar-refractivity contribution is 0.0940. The van der Waals surface area contributed by atoms with Gasteiger partial charge in [-0.2, -0.15) is 0 Å². The summed E-state index contributed by atoms with van der Waals surface area (Å²) in [7, 11) is 0. The minimum Gasteiger partial charge on any atom is -0.346 e. The van der Waals surface area contributed by atoms with Gasteiger partial charge in [-0.1, -0.05) is 36.4 Å². The van der Waals surface area contributed by atoms with E-state index in [1.807, 2.05) is 93.6 Å². The number of carbonyl (C=O) groups excluding carboxylic acids is 2. The van der Waals surface area contributed by atoms with Gasteiger partial charge in [0.1, 0.15) is 0 Å². The number of rotatable bonds is 5. The zero-order valence-corrected chi connectivity index (χ0v) is 16.8. The first-order chi connectivity index (χ1) is 13.9. The molecule has 0 spiro atoms. The van der Waals surface area contributed by atoms with Gasteiger partial charge in [-0.15, -0.1) is 0 Å². The molecule has 0 fully saturated rings. The van der Waals surface area contributed by atoms with E-state index in [0.717, 1.165) is 22.4 Å². The molecule has 0 radical (unpaired) electrons. The highest BCUT2D eigenvalue weighted by molar-refractivity contribution is 5.99. The summed E-state index contributed by atoms with van der Waals surface area (Å²) >= 11 is 0. The molecule has 0 bridgehead atoms. The van der Waals surface area contributed by atoms with E-state index in [1.165, 1.54) is 0 Å². The van der Waals surface area contributed by atoms with E-state index in [1.54, 1.807) is 0 Å². The lowest BCUT2D eigenvalue weighted by Gasteiger charge is -2.16. The molecule has 0 aliphatic carbocycles. The minimum absolute atomic E-state index is 0.106. The number of amides is 3. The van der Waals surface area contributed by atoms with E-state index in [9.17, 15) is 9.59 Å². The topological polar surface area (TPSA) is 70.2 Å². The van der Waals surface area contributed by atoms with Crippen molar-refractivity contribution in [2.75, 3.05) is 10.6 Å². The zero-order chi connectivity index (χ0) is 20.8. The Kier molecular flexibility index (Phi) is 6.29. The Balaban J connectivity index is 1.58. The Labute approximate surface area is 171 Å². The van der Waals surface area contributed by atoms with Crippen LogP contribution in [0.1, 0.15) is 40.0 Å². The van der Waals surface area contributed by atoms with Crippen LogP contribution in [0.3, 0.4) is 0 Å². The Morgan fingerprint density at radius 1 is 0.759 bits per heavy atom. The monoisotopic (exact) mass is 387 g/mol. The Morgan fingerprint density at radius 3 is 2.00 bits per heavy atom. The molecule has 3 amide bonds. The third-order valence-electron chi connectivity index (χ3n) is 4.82. The number of carbonyl (C=O) groups is 2. The van der Waals surface area contributed by atoms with Gasteiger partial charge >= 0.3 is 6.03 Å². The Bertz CT molecular complexity index is 998. The van der Waals surface area contributed by atoms with Crippen LogP contribution in [0.2, 0.25) is 0 Å². The smallest absolute Gasteiger partial charge is 0.323 e. The number of hydrogen-bond acceptors (Lipinski definition) is 2. The number of benzene rings is 3. The fourth-order valence-corrected chi connectivity index (χ4v) is 2.92. The molecule has 0 aliphatic heterocycles. The molecule has 29 heavy (non-hydrogen) atoms. The van der Waals surface area contributed by atoms with Crippen LogP contribution in [-0.2, 0) is 0 Å². The van der Waals surface area contributed by atoms with Crippen LogP contribution in [0, 0.1) is 13.8 Å². The average Bonchev–Trinajstić information content (AvgIpc) is 2.71. The van der Waals surface area contributed by atoms with Gasteiger partial charge in [0.2, 0.25) is 0 Å². The number of nitrogens with one attached hydrogen (secondary N) is 3. The standard InChI is InChI=1S/C24H25N3O2/c1-16-9-10-20(15-17(16)2)23(28)25-18(3)19-11-13-22(14-12-19)27-24(29)26-21-7-5-4-6-8-21/h4-15,18H,1-3H3,(H,25,28)(H2,26,27,29). The lowest BCUT2D eigenvalue weighted by atomic mass is 10.0. The lowest BCUT2D eigenvalue weighted by Crippen LogP contribution is -2.26. The maximum atomic E-state index is 12.5. The van der Waals surface area contributed by atoms with Crippen molar-refractivity contribution in [3.05, 3.63) is 95.1 Å². The molecule has 5 nitrogen and oxygen atoms in total. The van der Waals surface area contributed by atoms with E-state index in [4.69, 9.17) is 0 Å². The largest absolute Gasteiger partial charge is 0.346 e. The van der Waals surface area contributed by atoms with Gasteiger partial charge < -0.3 is 16.0 Å². The fraction of sp³-hybridized carbons (Fsp3) is 0.167. The summed E-state index contributed by atoms with van der Waals surface area (Å²) < 4.78 is 0. The minimum atomic E-state index is -0.306. The maximum absolute atomic E-state index is 12.5. The van der Waals surface area contributed by atoms with Gasteiger partial charge in [-0.25, -0.2) is 4.79 Å². The van der Waals surface area contributed by atoms with Crippen LogP contribution < -0.4 is 16.0 Å². The van der Waals surface area contributed by atoms with Gasteiger partial charge in [-0.05, 0) is 73.9 Å². The molecule has 0 saturated heterocycles. The molecule has 0 heterocycles. The van der Waals surface area contributed by atoms with Gasteiger partial charge in [0.25, 0.3) is 5.91 Å². The first kappa shape index (κ1) is 20.1. The van der Waals surface area contributed by atoms with E-state index < -0.39 is 0 Å². The van der Waals surface area contributed by atoms with Crippen molar-refractivity contribution in [3.8, 4) is 0 Å². The molecule has 0 aromatic heterocycles. The van der Waals surface area contributed by atoms with Crippen LogP contribution >= 0.6 is 0 Å². The van der Waals surface area contributed by atoms with E-state index in [2.05, 4.69) is 16.0 Å². The highest BCUT2D eigenvalue weighted by atomic mass is 16.2. The number of anilines is 2. The van der Waals surface area contributed by atoms with Gasteiger partial charge in [-0.3, -0.25) is 4.79 Å².